The first-order valence-corrected chi connectivity index (χ1v) is 7.12. The van der Waals surface area contributed by atoms with Gasteiger partial charge in [-0.2, -0.15) is 0 Å². The topological polar surface area (TPSA) is 64.6 Å². The van der Waals surface area contributed by atoms with Crippen LogP contribution < -0.4 is 5.32 Å². The smallest absolute Gasteiger partial charge is 0.408 e. The van der Waals surface area contributed by atoms with Crippen LogP contribution >= 0.6 is 0 Å². The molecule has 0 aliphatic rings. The molecule has 0 aromatic rings. The van der Waals surface area contributed by atoms with Crippen LogP contribution in [0.15, 0.2) is 0 Å². The lowest BCUT2D eigenvalue weighted by atomic mass is 10.0. The number of ether oxygens (including phenoxy) is 2. The largest absolute Gasteiger partial charge is 0.458 e. The summed E-state index contributed by atoms with van der Waals surface area (Å²) in [5, 5.41) is 2.46. The number of nitrogens with one attached hydrogen (secondary N) is 1. The average Bonchev–Trinajstić information content (AvgIpc) is 2.22. The Morgan fingerprint density at radius 3 is 1.90 bits per heavy atom. The number of hydrogen-bond acceptors (Lipinski definition) is 4. The lowest BCUT2D eigenvalue weighted by Crippen LogP contribution is -2.46. The highest BCUT2D eigenvalue weighted by Crippen LogP contribution is 2.14. The molecule has 0 aromatic carbocycles. The van der Waals surface area contributed by atoms with Crippen molar-refractivity contribution >= 4 is 12.1 Å². The monoisotopic (exact) mass is 305 g/mol. The summed E-state index contributed by atoms with van der Waals surface area (Å²) in [6.07, 6.45) is -0.561. The van der Waals surface area contributed by atoms with E-state index in [1.807, 2.05) is 0 Å². The van der Waals surface area contributed by atoms with E-state index in [0.29, 0.717) is 0 Å². The van der Waals surface area contributed by atoms with Crippen LogP contribution in [0.2, 0.25) is 0 Å². The van der Waals surface area contributed by atoms with Gasteiger partial charge in [-0.3, -0.25) is 4.39 Å². The quantitative estimate of drug-likeness (QED) is 0.792. The van der Waals surface area contributed by atoms with E-state index in [9.17, 15) is 14.0 Å². The highest BCUT2D eigenvalue weighted by atomic mass is 19.1. The number of hydrogen-bond donors (Lipinski definition) is 1. The third-order valence-corrected chi connectivity index (χ3v) is 2.28. The predicted octanol–water partition coefficient (Wildman–Crippen LogP) is 3.22. The Bertz CT molecular complexity index is 358. The lowest BCUT2D eigenvalue weighted by Gasteiger charge is -2.27. The van der Waals surface area contributed by atoms with Crippen molar-refractivity contribution in [2.45, 2.75) is 72.1 Å². The van der Waals surface area contributed by atoms with E-state index in [0.717, 1.165) is 0 Å². The third kappa shape index (κ3) is 10.1. The Kier molecular flexibility index (Phi) is 7.13. The highest BCUT2D eigenvalue weighted by molar-refractivity contribution is 5.81. The van der Waals surface area contributed by atoms with Crippen molar-refractivity contribution in [3.8, 4) is 0 Å². The molecule has 0 aliphatic carbocycles. The summed E-state index contributed by atoms with van der Waals surface area (Å²) in [4.78, 5) is 23.9. The zero-order valence-electron chi connectivity index (χ0n) is 14.1. The fourth-order valence-corrected chi connectivity index (χ4v) is 1.50. The fourth-order valence-electron chi connectivity index (χ4n) is 1.50. The van der Waals surface area contributed by atoms with E-state index in [-0.39, 0.29) is 12.3 Å². The summed E-state index contributed by atoms with van der Waals surface area (Å²) < 4.78 is 23.0. The first kappa shape index (κ1) is 19.7. The molecule has 1 N–H and O–H groups in total. The number of amides is 1. The molecule has 0 rings (SSSR count). The minimum Gasteiger partial charge on any atom is -0.458 e. The molecule has 0 unspecified atom stereocenters. The van der Waals surface area contributed by atoms with Crippen LogP contribution in [0, 0.1) is 5.92 Å². The van der Waals surface area contributed by atoms with Crippen LogP contribution in [0.25, 0.3) is 0 Å². The average molecular weight is 305 g/mol. The number of alkyl carbamates (subject to hydrolysis) is 1. The summed E-state index contributed by atoms with van der Waals surface area (Å²) in [5.74, 6) is -0.953. The number of alkyl halides is 1. The SMILES string of the molecule is C[C@@H](CF)C[C@H](NC(=O)OC(C)(C)C)C(=O)OC(C)(C)C. The van der Waals surface area contributed by atoms with Gasteiger partial charge >= 0.3 is 12.1 Å². The first-order chi connectivity index (χ1) is 9.34. The van der Waals surface area contributed by atoms with E-state index in [4.69, 9.17) is 9.47 Å². The molecule has 0 aliphatic heterocycles. The van der Waals surface area contributed by atoms with E-state index >= 15 is 0 Å². The van der Waals surface area contributed by atoms with Gasteiger partial charge in [-0.15, -0.1) is 0 Å². The number of carbonyl (C=O) groups excluding carboxylic acids is 2. The second kappa shape index (κ2) is 7.61. The van der Waals surface area contributed by atoms with Crippen molar-refractivity contribution in [1.29, 1.82) is 0 Å². The van der Waals surface area contributed by atoms with E-state index in [1.54, 1.807) is 48.5 Å². The molecule has 0 saturated heterocycles. The molecule has 5 nitrogen and oxygen atoms in total. The Labute approximate surface area is 126 Å². The van der Waals surface area contributed by atoms with Crippen molar-refractivity contribution in [2.24, 2.45) is 5.92 Å². The normalized spacial score (nSPS) is 15.0. The van der Waals surface area contributed by atoms with Crippen molar-refractivity contribution in [1.82, 2.24) is 5.32 Å². The van der Waals surface area contributed by atoms with Crippen LogP contribution in [0.3, 0.4) is 0 Å². The third-order valence-electron chi connectivity index (χ3n) is 2.28. The molecule has 0 saturated carbocycles. The van der Waals surface area contributed by atoms with Gasteiger partial charge in [0.15, 0.2) is 0 Å². The summed E-state index contributed by atoms with van der Waals surface area (Å²) in [6.45, 7) is 11.4. The minimum atomic E-state index is -0.926. The van der Waals surface area contributed by atoms with Crippen LogP contribution in [-0.2, 0) is 14.3 Å². The Morgan fingerprint density at radius 2 is 1.52 bits per heavy atom. The van der Waals surface area contributed by atoms with Crippen molar-refractivity contribution < 1.29 is 23.5 Å². The van der Waals surface area contributed by atoms with Gasteiger partial charge < -0.3 is 14.8 Å². The Morgan fingerprint density at radius 1 is 1.05 bits per heavy atom. The van der Waals surface area contributed by atoms with Gasteiger partial charge in [0.25, 0.3) is 0 Å². The van der Waals surface area contributed by atoms with Crippen LogP contribution in [0.4, 0.5) is 9.18 Å². The molecular formula is C15H28FNO4. The van der Waals surface area contributed by atoms with Crippen LogP contribution in [-0.4, -0.2) is 36.0 Å². The van der Waals surface area contributed by atoms with Gasteiger partial charge in [-0.1, -0.05) is 6.92 Å². The van der Waals surface area contributed by atoms with Crippen LogP contribution in [0.5, 0.6) is 0 Å². The summed E-state index contributed by atoms with van der Waals surface area (Å²) in [5.41, 5.74) is -1.35. The molecule has 0 radical (unpaired) electrons. The molecule has 124 valence electrons. The van der Waals surface area contributed by atoms with Crippen LogP contribution in [0.1, 0.15) is 54.9 Å². The maximum Gasteiger partial charge on any atom is 0.408 e. The number of halogens is 1. The second-order valence-electron chi connectivity index (χ2n) is 7.23. The summed E-state index contributed by atoms with van der Waals surface area (Å²) >= 11 is 0. The van der Waals surface area contributed by atoms with Crippen molar-refractivity contribution in [3.63, 3.8) is 0 Å². The maximum absolute atomic E-state index is 12.7. The zero-order valence-corrected chi connectivity index (χ0v) is 14.1. The molecule has 0 fully saturated rings. The molecule has 2 atom stereocenters. The fraction of sp³-hybridized carbons (Fsp3) is 0.867. The van der Waals surface area contributed by atoms with Gasteiger partial charge in [0, 0.05) is 0 Å². The Balaban J connectivity index is 4.82. The lowest BCUT2D eigenvalue weighted by molar-refractivity contribution is -0.158. The van der Waals surface area contributed by atoms with Gasteiger partial charge in [0.05, 0.1) is 6.67 Å². The first-order valence-electron chi connectivity index (χ1n) is 7.12. The maximum atomic E-state index is 12.7. The second-order valence-corrected chi connectivity index (χ2v) is 7.23. The van der Waals surface area contributed by atoms with Gasteiger partial charge in [-0.05, 0) is 53.9 Å². The molecule has 6 heteroatoms. The van der Waals surface area contributed by atoms with E-state index in [2.05, 4.69) is 5.32 Å². The predicted molar refractivity (Wildman–Crippen MR) is 78.8 cm³/mol. The number of esters is 1. The molecule has 0 heterocycles. The molecule has 21 heavy (non-hydrogen) atoms. The van der Waals surface area contributed by atoms with Crippen molar-refractivity contribution in [2.75, 3.05) is 6.67 Å². The molecule has 0 bridgehead atoms. The van der Waals surface area contributed by atoms with Gasteiger partial charge in [0.2, 0.25) is 0 Å². The van der Waals surface area contributed by atoms with Gasteiger partial charge in [-0.25, -0.2) is 9.59 Å². The zero-order chi connectivity index (χ0) is 16.8. The molecule has 0 aromatic heterocycles. The van der Waals surface area contributed by atoms with Crippen molar-refractivity contribution in [3.05, 3.63) is 0 Å². The Hall–Kier alpha value is -1.33. The molecule has 0 spiro atoms. The number of carbonyl (C=O) groups is 2. The number of rotatable bonds is 5. The summed E-state index contributed by atoms with van der Waals surface area (Å²) in [6, 6.07) is -0.926. The van der Waals surface area contributed by atoms with E-state index in [1.165, 1.54) is 0 Å². The highest BCUT2D eigenvalue weighted by Gasteiger charge is 2.29. The van der Waals surface area contributed by atoms with E-state index < -0.39 is 36.0 Å². The van der Waals surface area contributed by atoms with Gasteiger partial charge in [0.1, 0.15) is 17.2 Å². The summed E-state index contributed by atoms with van der Waals surface area (Å²) in [7, 11) is 0. The molecule has 1 amide bonds. The minimum absolute atomic E-state index is 0.157. The standard InChI is InChI=1S/C15H28FNO4/c1-10(9-16)8-11(12(18)20-14(2,3)4)17-13(19)21-15(5,6)7/h10-11H,8-9H2,1-7H3,(H,17,19)/t10-,11+/m1/s1. The molecular weight excluding hydrogens is 277 g/mol.